The van der Waals surface area contributed by atoms with Crippen LogP contribution in [0.15, 0.2) is 0 Å². The van der Waals surface area contributed by atoms with E-state index in [-0.39, 0.29) is 0 Å². The van der Waals surface area contributed by atoms with Gasteiger partial charge in [0, 0.05) is 55.6 Å². The van der Waals surface area contributed by atoms with Crippen molar-refractivity contribution in [3.63, 3.8) is 0 Å². The Hall–Kier alpha value is -3.91. The van der Waals surface area contributed by atoms with Crippen molar-refractivity contribution in [3.8, 4) is 0 Å². The van der Waals surface area contributed by atoms with Crippen molar-refractivity contribution in [3.05, 3.63) is 0 Å². The Bertz CT molecular complexity index is 1160. The van der Waals surface area contributed by atoms with E-state index >= 15 is 0 Å². The smallest absolute Gasteiger partial charge is 0.303 e. The van der Waals surface area contributed by atoms with Crippen molar-refractivity contribution in [2.24, 2.45) is 0 Å². The molecule has 2 saturated heterocycles. The summed E-state index contributed by atoms with van der Waals surface area (Å²) in [6.07, 6.45) is -14.3. The second-order valence-electron chi connectivity index (χ2n) is 10.4. The minimum Gasteiger partial charge on any atom is -0.463 e. The van der Waals surface area contributed by atoms with Crippen LogP contribution in [0.5, 0.6) is 0 Å². The lowest BCUT2D eigenvalue weighted by Crippen LogP contribution is -2.68. The van der Waals surface area contributed by atoms with E-state index in [1.54, 1.807) is 0 Å². The number of hydroxylamine groups is 2. The summed E-state index contributed by atoms with van der Waals surface area (Å²) in [4.78, 5) is 90.1. The normalized spacial score (nSPS) is 30.3. The fourth-order valence-corrected chi connectivity index (χ4v) is 5.09. The molecule has 2 aliphatic rings. The molecule has 0 bridgehead atoms. The van der Waals surface area contributed by atoms with Gasteiger partial charge in [-0.1, -0.05) is 0 Å². The van der Waals surface area contributed by atoms with Gasteiger partial charge in [0.2, 0.25) is 0 Å². The number of esters is 7. The number of carbonyl (C=O) groups excluding carboxylic acids is 7. The maximum Gasteiger partial charge on any atom is 0.303 e. The van der Waals surface area contributed by atoms with Crippen molar-refractivity contribution in [1.29, 1.82) is 0 Å². The number of methoxy groups -OCH3 is 1. The van der Waals surface area contributed by atoms with Crippen molar-refractivity contribution in [2.75, 3.05) is 27.4 Å². The fraction of sp³-hybridized carbons (Fsp3) is 0.750. The summed E-state index contributed by atoms with van der Waals surface area (Å²) in [5.74, 6) is -5.68. The van der Waals surface area contributed by atoms with Crippen LogP contribution in [0.25, 0.3) is 0 Å². The highest BCUT2D eigenvalue weighted by molar-refractivity contribution is 5.69. The van der Waals surface area contributed by atoms with Gasteiger partial charge in [-0.05, 0) is 0 Å². The molecule has 0 saturated carbocycles. The lowest BCUT2D eigenvalue weighted by Gasteiger charge is -2.49. The summed E-state index contributed by atoms with van der Waals surface area (Å²) in [5, 5.41) is 1.06. The van der Waals surface area contributed by atoms with Gasteiger partial charge in [-0.15, -0.1) is 0 Å². The van der Waals surface area contributed by atoms with Gasteiger partial charge in [-0.2, -0.15) is 5.06 Å². The molecule has 2 fully saturated rings. The molecule has 19 heteroatoms. The second kappa shape index (κ2) is 17.9. The number of hydrogen-bond donors (Lipinski definition) is 0. The van der Waals surface area contributed by atoms with Gasteiger partial charge in [0.25, 0.3) is 0 Å². The highest BCUT2D eigenvalue weighted by Gasteiger charge is 2.57. The van der Waals surface area contributed by atoms with Crippen molar-refractivity contribution >= 4 is 41.8 Å². The van der Waals surface area contributed by atoms with Crippen LogP contribution < -0.4 is 0 Å². The summed E-state index contributed by atoms with van der Waals surface area (Å²) in [7, 11) is 2.42. The number of carbonyl (C=O) groups is 7. The molecule has 266 valence electrons. The van der Waals surface area contributed by atoms with Gasteiger partial charge in [0.05, 0.1) is 13.7 Å². The second-order valence-corrected chi connectivity index (χ2v) is 10.4. The van der Waals surface area contributed by atoms with Gasteiger partial charge in [0.15, 0.2) is 49.1 Å². The SMILES string of the molecule is CO[C@H]1O[C@H](CN(OC)C2O[C@H](COC(C)=O)[C@H](OC(C)=O)[C@H](OC(C)=O)[C@H]2OC(C)=O)[C@@H](OC(C)=O)[C@H](OC(C)=O)[C@H]1OC(C)=O. The average Bonchev–Trinajstić information content (AvgIpc) is 2.94. The summed E-state index contributed by atoms with van der Waals surface area (Å²) in [5.41, 5.74) is 0. The molecule has 2 aliphatic heterocycles. The molecule has 0 aromatic carbocycles. The lowest BCUT2D eigenvalue weighted by molar-refractivity contribution is -0.350. The quantitative estimate of drug-likeness (QED) is 0.131. The van der Waals surface area contributed by atoms with Gasteiger partial charge in [0.1, 0.15) is 18.8 Å². The highest BCUT2D eigenvalue weighted by Crippen LogP contribution is 2.34. The molecule has 0 amide bonds. The Morgan fingerprint density at radius 1 is 0.511 bits per heavy atom. The van der Waals surface area contributed by atoms with E-state index in [4.69, 9.17) is 52.2 Å². The van der Waals surface area contributed by atoms with Crippen LogP contribution in [-0.2, 0) is 85.8 Å². The number of nitrogens with zero attached hydrogens (tertiary/aromatic N) is 1. The Morgan fingerprint density at radius 3 is 1.34 bits per heavy atom. The molecule has 10 atom stereocenters. The van der Waals surface area contributed by atoms with E-state index in [1.165, 1.54) is 14.2 Å². The van der Waals surface area contributed by atoms with Gasteiger partial charge in [-0.25, -0.2) is 0 Å². The Kier molecular flexibility index (Phi) is 14.9. The third-order valence-electron chi connectivity index (χ3n) is 6.57. The third kappa shape index (κ3) is 11.4. The van der Waals surface area contributed by atoms with Gasteiger partial charge >= 0.3 is 41.8 Å². The van der Waals surface area contributed by atoms with Crippen LogP contribution in [0.3, 0.4) is 0 Å². The first-order valence-corrected chi connectivity index (χ1v) is 14.3. The Balaban J connectivity index is 2.65. The average molecular weight is 680 g/mol. The van der Waals surface area contributed by atoms with Crippen molar-refractivity contribution in [2.45, 2.75) is 110 Å². The molecule has 19 nitrogen and oxygen atoms in total. The predicted octanol–water partition coefficient (Wildman–Crippen LogP) is -0.901. The van der Waals surface area contributed by atoms with Crippen LogP contribution in [-0.4, -0.2) is 136 Å². The Morgan fingerprint density at radius 2 is 0.915 bits per heavy atom. The molecule has 0 spiro atoms. The fourth-order valence-electron chi connectivity index (χ4n) is 5.09. The summed E-state index contributed by atoms with van der Waals surface area (Å²) in [6, 6.07) is 0. The first-order chi connectivity index (χ1) is 22.0. The van der Waals surface area contributed by atoms with E-state index in [1.807, 2.05) is 0 Å². The Labute approximate surface area is 270 Å². The van der Waals surface area contributed by atoms with E-state index in [0.29, 0.717) is 0 Å². The zero-order valence-electron chi connectivity index (χ0n) is 27.5. The topological polar surface area (TPSA) is 224 Å². The minimum atomic E-state index is -1.55. The van der Waals surface area contributed by atoms with Gasteiger partial charge < -0.3 is 47.4 Å². The largest absolute Gasteiger partial charge is 0.463 e. The van der Waals surface area contributed by atoms with Crippen molar-refractivity contribution < 1.29 is 85.8 Å². The molecular formula is C28H41NO18. The van der Waals surface area contributed by atoms with E-state index in [2.05, 4.69) is 0 Å². The third-order valence-corrected chi connectivity index (χ3v) is 6.57. The molecule has 0 N–H and O–H groups in total. The zero-order chi connectivity index (χ0) is 35.6. The first kappa shape index (κ1) is 39.3. The molecule has 0 aromatic rings. The summed E-state index contributed by atoms with van der Waals surface area (Å²) in [6.45, 7) is 6.65. The zero-order valence-corrected chi connectivity index (χ0v) is 27.5. The summed E-state index contributed by atoms with van der Waals surface area (Å²) < 4.78 is 55.2. The van der Waals surface area contributed by atoms with Crippen LogP contribution in [0.4, 0.5) is 0 Å². The van der Waals surface area contributed by atoms with Crippen LogP contribution in [0.1, 0.15) is 48.5 Å². The number of ether oxygens (including phenoxy) is 10. The minimum absolute atomic E-state index is 0.438. The molecule has 1 unspecified atom stereocenters. The predicted molar refractivity (Wildman–Crippen MR) is 148 cm³/mol. The van der Waals surface area contributed by atoms with Crippen LogP contribution >= 0.6 is 0 Å². The monoisotopic (exact) mass is 679 g/mol. The maximum atomic E-state index is 12.3. The molecule has 0 aromatic heterocycles. The maximum absolute atomic E-state index is 12.3. The van der Waals surface area contributed by atoms with Crippen LogP contribution in [0.2, 0.25) is 0 Å². The van der Waals surface area contributed by atoms with E-state index < -0.39 is 116 Å². The standard InChI is InChI=1S/C28H41NO18/c1-12(30)39-11-20-22(41-14(3)32)23(42-15(4)33)25(44-17(6)35)27(46-20)29(38-9)10-19-21(40-13(2)31)24(43-16(5)34)26(45-18(7)36)28(37-8)47-19/h19-28H,10-11H2,1-9H3/t19-,20-,21-,22+,23+,24+,25-,26-,27?,28+/m1/s1. The van der Waals surface area contributed by atoms with Gasteiger partial charge in [-0.3, -0.25) is 38.4 Å². The lowest BCUT2D eigenvalue weighted by atomic mass is 9.95. The number of rotatable bonds is 13. The molecule has 0 radical (unpaired) electrons. The molecule has 47 heavy (non-hydrogen) atoms. The van der Waals surface area contributed by atoms with E-state index in [9.17, 15) is 33.6 Å². The van der Waals surface area contributed by atoms with Crippen LogP contribution in [0, 0.1) is 0 Å². The highest BCUT2D eigenvalue weighted by atomic mass is 16.7. The van der Waals surface area contributed by atoms with Crippen molar-refractivity contribution in [1.82, 2.24) is 5.06 Å². The molecular weight excluding hydrogens is 638 g/mol. The number of hydrogen-bond acceptors (Lipinski definition) is 19. The molecule has 2 rings (SSSR count). The molecule has 0 aliphatic carbocycles. The first-order valence-electron chi connectivity index (χ1n) is 14.3. The summed E-state index contributed by atoms with van der Waals surface area (Å²) >= 11 is 0. The molecule has 2 heterocycles. The van der Waals surface area contributed by atoms with E-state index in [0.717, 1.165) is 53.5 Å².